The monoisotopic (exact) mass is 167 g/mol. The number of phenols is 1. The predicted octanol–water partition coefficient (Wildman–Crippen LogP) is 1.48. The minimum Gasteiger partial charge on any atom is -0.508 e. The summed E-state index contributed by atoms with van der Waals surface area (Å²) in [5.74, 6) is 0.183. The van der Waals surface area contributed by atoms with Crippen molar-refractivity contribution in [2.24, 2.45) is 0 Å². The Balaban J connectivity index is 2.85. The highest BCUT2D eigenvalue weighted by molar-refractivity contribution is 5.26. The van der Waals surface area contributed by atoms with Gasteiger partial charge in [0.2, 0.25) is 0 Å². The second-order valence-electron chi connectivity index (χ2n) is 2.31. The Morgan fingerprint density at radius 3 is 2.58 bits per heavy atom. The van der Waals surface area contributed by atoms with Crippen molar-refractivity contribution in [2.75, 3.05) is 14.2 Å². The quantitative estimate of drug-likeness (QED) is 0.693. The Morgan fingerprint density at radius 1 is 1.42 bits per heavy atom. The van der Waals surface area contributed by atoms with E-state index in [2.05, 4.69) is 6.07 Å². The van der Waals surface area contributed by atoms with E-state index in [1.165, 1.54) is 14.2 Å². The third-order valence-electron chi connectivity index (χ3n) is 1.49. The van der Waals surface area contributed by atoms with E-state index in [0.29, 0.717) is 5.56 Å². The minimum atomic E-state index is -0.461. The van der Waals surface area contributed by atoms with Crippen LogP contribution in [0.15, 0.2) is 18.2 Å². The first kappa shape index (κ1) is 9.03. The van der Waals surface area contributed by atoms with E-state index in [0.717, 1.165) is 0 Å². The molecule has 0 spiro atoms. The number of phenolic OH excluding ortho intramolecular Hbond substituents is 1. The fourth-order valence-electron chi connectivity index (χ4n) is 0.959. The lowest BCUT2D eigenvalue weighted by atomic mass is 10.2. The number of ether oxygens (including phenoxy) is 2. The number of hydrogen-bond donors (Lipinski definition) is 1. The van der Waals surface area contributed by atoms with Gasteiger partial charge in [0, 0.05) is 19.8 Å². The second-order valence-corrected chi connectivity index (χ2v) is 2.31. The number of hydrogen-bond acceptors (Lipinski definition) is 3. The van der Waals surface area contributed by atoms with Gasteiger partial charge in [-0.1, -0.05) is 6.07 Å². The Labute approximate surface area is 71.5 Å². The van der Waals surface area contributed by atoms with Crippen LogP contribution in [-0.2, 0) is 9.47 Å². The lowest BCUT2D eigenvalue weighted by Gasteiger charge is -2.12. The summed E-state index contributed by atoms with van der Waals surface area (Å²) >= 11 is 0. The smallest absolute Gasteiger partial charge is 0.183 e. The number of methoxy groups -OCH3 is 2. The molecule has 3 nitrogen and oxygen atoms in total. The molecule has 0 aliphatic carbocycles. The van der Waals surface area contributed by atoms with Crippen molar-refractivity contribution in [3.05, 3.63) is 29.8 Å². The third-order valence-corrected chi connectivity index (χ3v) is 1.49. The molecule has 0 aromatic heterocycles. The van der Waals surface area contributed by atoms with Gasteiger partial charge in [-0.25, -0.2) is 0 Å². The topological polar surface area (TPSA) is 38.7 Å². The molecule has 1 radical (unpaired) electrons. The summed E-state index contributed by atoms with van der Waals surface area (Å²) in [6.45, 7) is 0. The van der Waals surface area contributed by atoms with Gasteiger partial charge in [-0.15, -0.1) is 0 Å². The van der Waals surface area contributed by atoms with Gasteiger partial charge in [0.25, 0.3) is 0 Å². The minimum absolute atomic E-state index is 0.183. The molecule has 0 fully saturated rings. The molecule has 0 unspecified atom stereocenters. The van der Waals surface area contributed by atoms with Crippen molar-refractivity contribution < 1.29 is 14.6 Å². The second kappa shape index (κ2) is 4.09. The summed E-state index contributed by atoms with van der Waals surface area (Å²) in [6, 6.07) is 7.62. The van der Waals surface area contributed by atoms with E-state index < -0.39 is 6.29 Å². The molecule has 1 N–H and O–H groups in total. The van der Waals surface area contributed by atoms with Crippen LogP contribution in [0.2, 0.25) is 0 Å². The Hall–Kier alpha value is -1.06. The molecule has 1 aromatic rings. The average molecular weight is 167 g/mol. The normalized spacial score (nSPS) is 10.6. The molecule has 0 atom stereocenters. The summed E-state index contributed by atoms with van der Waals surface area (Å²) in [5, 5.41) is 9.12. The number of benzene rings is 1. The highest BCUT2D eigenvalue weighted by Gasteiger charge is 2.08. The molecule has 0 saturated carbocycles. The molecule has 0 aliphatic heterocycles. The highest BCUT2D eigenvalue weighted by atomic mass is 16.7. The van der Waals surface area contributed by atoms with Crippen LogP contribution in [0.1, 0.15) is 11.9 Å². The van der Waals surface area contributed by atoms with Crippen LogP contribution in [0.5, 0.6) is 5.75 Å². The fourth-order valence-corrected chi connectivity index (χ4v) is 0.959. The molecular weight excluding hydrogens is 156 g/mol. The predicted molar refractivity (Wildman–Crippen MR) is 43.7 cm³/mol. The first-order chi connectivity index (χ1) is 5.77. The van der Waals surface area contributed by atoms with Crippen molar-refractivity contribution in [3.8, 4) is 5.75 Å². The van der Waals surface area contributed by atoms with Crippen LogP contribution in [-0.4, -0.2) is 19.3 Å². The maximum Gasteiger partial charge on any atom is 0.183 e. The van der Waals surface area contributed by atoms with E-state index in [4.69, 9.17) is 14.6 Å². The summed E-state index contributed by atoms with van der Waals surface area (Å²) < 4.78 is 9.95. The van der Waals surface area contributed by atoms with E-state index in [-0.39, 0.29) is 5.75 Å². The van der Waals surface area contributed by atoms with Crippen LogP contribution in [0, 0.1) is 6.07 Å². The molecule has 0 heterocycles. The number of rotatable bonds is 3. The van der Waals surface area contributed by atoms with Gasteiger partial charge in [-0.05, 0) is 18.2 Å². The van der Waals surface area contributed by atoms with Crippen LogP contribution in [0.4, 0.5) is 0 Å². The molecular formula is C9H11O3. The maximum absolute atomic E-state index is 9.12. The van der Waals surface area contributed by atoms with Crippen molar-refractivity contribution in [3.63, 3.8) is 0 Å². The molecule has 1 aromatic carbocycles. The molecule has 3 heteroatoms. The van der Waals surface area contributed by atoms with Crippen LogP contribution >= 0.6 is 0 Å². The van der Waals surface area contributed by atoms with Crippen molar-refractivity contribution in [1.29, 1.82) is 0 Å². The molecule has 0 aliphatic rings. The summed E-state index contributed by atoms with van der Waals surface area (Å²) in [5.41, 5.74) is 0.681. The summed E-state index contributed by atoms with van der Waals surface area (Å²) in [4.78, 5) is 0. The van der Waals surface area contributed by atoms with Gasteiger partial charge in [-0.3, -0.25) is 0 Å². The molecule has 12 heavy (non-hydrogen) atoms. The first-order valence-corrected chi connectivity index (χ1v) is 3.54. The lowest BCUT2D eigenvalue weighted by Crippen LogP contribution is -2.03. The molecule has 1 rings (SSSR count). The molecule has 65 valence electrons. The van der Waals surface area contributed by atoms with Gasteiger partial charge >= 0.3 is 0 Å². The molecule has 0 amide bonds. The van der Waals surface area contributed by atoms with E-state index in [1.807, 2.05) is 0 Å². The SMILES string of the molecule is COC(OC)c1[c]ccc(O)c1. The van der Waals surface area contributed by atoms with Crippen LogP contribution in [0.3, 0.4) is 0 Å². The largest absolute Gasteiger partial charge is 0.508 e. The van der Waals surface area contributed by atoms with Gasteiger partial charge in [0.05, 0.1) is 0 Å². The van der Waals surface area contributed by atoms with Crippen molar-refractivity contribution in [1.82, 2.24) is 0 Å². The first-order valence-electron chi connectivity index (χ1n) is 3.54. The average Bonchev–Trinajstić information content (AvgIpc) is 2.07. The standard InChI is InChI=1S/C9H11O3/c1-11-9(12-2)7-4-3-5-8(10)6-7/h3,5-6,9-10H,1-2H3. The van der Waals surface area contributed by atoms with Crippen molar-refractivity contribution >= 4 is 0 Å². The highest BCUT2D eigenvalue weighted by Crippen LogP contribution is 2.20. The molecule has 0 saturated heterocycles. The summed E-state index contributed by atoms with van der Waals surface area (Å²) in [6.07, 6.45) is -0.461. The van der Waals surface area contributed by atoms with Crippen LogP contribution in [0.25, 0.3) is 0 Å². The van der Waals surface area contributed by atoms with E-state index >= 15 is 0 Å². The Morgan fingerprint density at radius 2 is 2.08 bits per heavy atom. The van der Waals surface area contributed by atoms with Gasteiger partial charge < -0.3 is 14.6 Å². The van der Waals surface area contributed by atoms with Gasteiger partial charge in [0.1, 0.15) is 5.75 Å². The molecule has 0 bridgehead atoms. The van der Waals surface area contributed by atoms with Gasteiger partial charge in [-0.2, -0.15) is 0 Å². The maximum atomic E-state index is 9.12. The zero-order chi connectivity index (χ0) is 8.97. The Bertz CT molecular complexity index is 243. The van der Waals surface area contributed by atoms with E-state index in [9.17, 15) is 0 Å². The van der Waals surface area contributed by atoms with E-state index in [1.54, 1.807) is 18.2 Å². The van der Waals surface area contributed by atoms with Gasteiger partial charge in [0.15, 0.2) is 6.29 Å². The lowest BCUT2D eigenvalue weighted by molar-refractivity contribution is -0.106. The zero-order valence-electron chi connectivity index (χ0n) is 7.07. The van der Waals surface area contributed by atoms with Crippen LogP contribution < -0.4 is 0 Å². The number of aromatic hydroxyl groups is 1. The summed E-state index contributed by atoms with van der Waals surface area (Å²) in [7, 11) is 3.07. The van der Waals surface area contributed by atoms with Crippen molar-refractivity contribution in [2.45, 2.75) is 6.29 Å². The zero-order valence-corrected chi connectivity index (χ0v) is 7.07. The third kappa shape index (κ3) is 1.96. The Kier molecular flexibility index (Phi) is 3.08. The fraction of sp³-hybridized carbons (Fsp3) is 0.333.